The summed E-state index contributed by atoms with van der Waals surface area (Å²) in [5.41, 5.74) is 0.305. The monoisotopic (exact) mass is 329 g/mol. The Morgan fingerprint density at radius 3 is 2.41 bits per heavy atom. The van der Waals surface area contributed by atoms with Crippen LogP contribution in [0.25, 0.3) is 0 Å². The highest BCUT2D eigenvalue weighted by Gasteiger charge is 2.24. The largest absolute Gasteiger partial charge is 0.495 e. The highest BCUT2D eigenvalue weighted by Crippen LogP contribution is 2.27. The van der Waals surface area contributed by atoms with E-state index in [1.807, 2.05) is 0 Å². The van der Waals surface area contributed by atoms with Crippen LogP contribution in [0, 0.1) is 0 Å². The van der Waals surface area contributed by atoms with Gasteiger partial charge < -0.3 is 15.0 Å². The fourth-order valence-electron chi connectivity index (χ4n) is 1.81. The van der Waals surface area contributed by atoms with E-state index in [0.717, 1.165) is 4.31 Å². The molecule has 0 heterocycles. The second kappa shape index (κ2) is 7.57. The second-order valence-electron chi connectivity index (χ2n) is 4.98. The van der Waals surface area contributed by atoms with Gasteiger partial charge in [0.2, 0.25) is 10.0 Å². The van der Waals surface area contributed by atoms with E-state index in [9.17, 15) is 13.2 Å². The van der Waals surface area contributed by atoms with Gasteiger partial charge in [-0.1, -0.05) is 0 Å². The van der Waals surface area contributed by atoms with E-state index in [-0.39, 0.29) is 16.6 Å². The first-order valence-electron chi connectivity index (χ1n) is 6.76. The van der Waals surface area contributed by atoms with Crippen molar-refractivity contribution < 1.29 is 17.9 Å². The molecule has 7 nitrogen and oxygen atoms in total. The molecule has 1 aromatic rings. The quantitative estimate of drug-likeness (QED) is 0.775. The van der Waals surface area contributed by atoms with Crippen LogP contribution in [0.4, 0.5) is 0 Å². The first-order valence-corrected chi connectivity index (χ1v) is 8.20. The molecule has 22 heavy (non-hydrogen) atoms. The van der Waals surface area contributed by atoms with Crippen molar-refractivity contribution >= 4 is 15.9 Å². The number of methoxy groups -OCH3 is 1. The Bertz CT molecular complexity index is 629. The van der Waals surface area contributed by atoms with Gasteiger partial charge in [-0.2, -0.15) is 0 Å². The van der Waals surface area contributed by atoms with Crippen LogP contribution < -0.4 is 10.1 Å². The van der Waals surface area contributed by atoms with Gasteiger partial charge in [-0.05, 0) is 25.2 Å². The molecule has 0 spiro atoms. The Morgan fingerprint density at radius 1 is 1.27 bits per heavy atom. The van der Waals surface area contributed by atoms with E-state index in [0.29, 0.717) is 18.7 Å². The lowest BCUT2D eigenvalue weighted by atomic mass is 10.2. The summed E-state index contributed by atoms with van der Waals surface area (Å²) in [6.07, 6.45) is 0. The minimum atomic E-state index is -3.69. The van der Waals surface area contributed by atoms with Crippen molar-refractivity contribution in [3.8, 4) is 5.75 Å². The first kappa shape index (κ1) is 18.4. The van der Waals surface area contributed by atoms with Crippen molar-refractivity contribution in [3.63, 3.8) is 0 Å². The highest BCUT2D eigenvalue weighted by atomic mass is 32.2. The average molecular weight is 329 g/mol. The fraction of sp³-hybridized carbons (Fsp3) is 0.500. The highest BCUT2D eigenvalue weighted by molar-refractivity contribution is 7.89. The summed E-state index contributed by atoms with van der Waals surface area (Å²) >= 11 is 0. The fourth-order valence-corrected chi connectivity index (χ4v) is 2.88. The summed E-state index contributed by atoms with van der Waals surface area (Å²) in [6, 6.07) is 4.41. The molecule has 0 aliphatic rings. The van der Waals surface area contributed by atoms with Gasteiger partial charge in [-0.25, -0.2) is 12.7 Å². The van der Waals surface area contributed by atoms with E-state index >= 15 is 0 Å². The molecule has 0 aliphatic heterocycles. The number of hydrogen-bond donors (Lipinski definition) is 1. The van der Waals surface area contributed by atoms with Crippen molar-refractivity contribution in [2.75, 3.05) is 48.4 Å². The molecule has 1 N–H and O–H groups in total. The molecule has 8 heteroatoms. The lowest BCUT2D eigenvalue weighted by molar-refractivity contribution is 0.0796. The summed E-state index contributed by atoms with van der Waals surface area (Å²) in [7, 11) is 4.04. The topological polar surface area (TPSA) is 79.0 Å². The zero-order chi connectivity index (χ0) is 16.9. The smallest absolute Gasteiger partial charge is 0.253 e. The second-order valence-corrected chi connectivity index (χ2v) is 7.10. The van der Waals surface area contributed by atoms with Crippen LogP contribution in [0.5, 0.6) is 5.75 Å². The zero-order valence-corrected chi connectivity index (χ0v) is 14.4. The van der Waals surface area contributed by atoms with Gasteiger partial charge in [0.15, 0.2) is 0 Å². The standard InChI is InChI=1S/C14H23N3O4S/c1-15-8-9-17(4)14(18)11-6-7-12(21-5)13(10-11)22(19,20)16(2)3/h6-7,10,15H,8-9H2,1-5H3. The third kappa shape index (κ3) is 3.96. The van der Waals surface area contributed by atoms with Gasteiger partial charge >= 0.3 is 0 Å². The van der Waals surface area contributed by atoms with Crippen LogP contribution in [0.3, 0.4) is 0 Å². The molecule has 1 rings (SSSR count). The zero-order valence-electron chi connectivity index (χ0n) is 13.6. The van der Waals surface area contributed by atoms with Gasteiger partial charge in [0.05, 0.1) is 7.11 Å². The van der Waals surface area contributed by atoms with Gasteiger partial charge in [0, 0.05) is 39.8 Å². The third-order valence-electron chi connectivity index (χ3n) is 3.21. The van der Waals surface area contributed by atoms with Gasteiger partial charge in [-0.3, -0.25) is 4.79 Å². The molecule has 0 saturated carbocycles. The predicted octanol–water partition coefficient (Wildman–Crippen LogP) is 0.237. The molecule has 0 aromatic heterocycles. The molecule has 0 saturated heterocycles. The summed E-state index contributed by atoms with van der Waals surface area (Å²) in [5.74, 6) is -0.0313. The predicted molar refractivity (Wildman–Crippen MR) is 84.8 cm³/mol. The van der Waals surface area contributed by atoms with Crippen LogP contribution >= 0.6 is 0 Å². The summed E-state index contributed by atoms with van der Waals surface area (Å²) in [6.45, 7) is 1.18. The van der Waals surface area contributed by atoms with E-state index in [1.165, 1.54) is 38.2 Å². The van der Waals surface area contributed by atoms with E-state index < -0.39 is 10.0 Å². The van der Waals surface area contributed by atoms with Crippen molar-refractivity contribution in [1.82, 2.24) is 14.5 Å². The lowest BCUT2D eigenvalue weighted by Crippen LogP contribution is -2.33. The van der Waals surface area contributed by atoms with Crippen LogP contribution in [-0.4, -0.2) is 71.9 Å². The first-order chi connectivity index (χ1) is 10.3. The molecule has 1 amide bonds. The average Bonchev–Trinajstić information content (AvgIpc) is 2.50. The van der Waals surface area contributed by atoms with Gasteiger partial charge in [-0.15, -0.1) is 0 Å². The Kier molecular flexibility index (Phi) is 6.34. The number of nitrogens with zero attached hydrogens (tertiary/aromatic N) is 2. The molecule has 124 valence electrons. The Labute approximate surface area is 131 Å². The number of likely N-dealkylation sites (N-methyl/N-ethyl adjacent to an activating group) is 2. The number of hydrogen-bond acceptors (Lipinski definition) is 5. The number of rotatable bonds is 7. The minimum Gasteiger partial charge on any atom is -0.495 e. The molecule has 0 radical (unpaired) electrons. The molecule has 1 aromatic carbocycles. The molecule has 0 bridgehead atoms. The van der Waals surface area contributed by atoms with Crippen molar-refractivity contribution in [1.29, 1.82) is 0 Å². The van der Waals surface area contributed by atoms with Crippen LogP contribution in [0.15, 0.2) is 23.1 Å². The molecular weight excluding hydrogens is 306 g/mol. The number of ether oxygens (including phenoxy) is 1. The molecular formula is C14H23N3O4S. The number of carbonyl (C=O) groups is 1. The molecule has 0 atom stereocenters. The SMILES string of the molecule is CNCCN(C)C(=O)c1ccc(OC)c(S(=O)(=O)N(C)C)c1. The maximum atomic E-state index is 12.3. The minimum absolute atomic E-state index is 0.0205. The maximum absolute atomic E-state index is 12.3. The van der Waals surface area contributed by atoms with Crippen molar-refractivity contribution in [3.05, 3.63) is 23.8 Å². The van der Waals surface area contributed by atoms with E-state index in [4.69, 9.17) is 4.74 Å². The van der Waals surface area contributed by atoms with Gasteiger partial charge in [0.25, 0.3) is 5.91 Å². The van der Waals surface area contributed by atoms with Gasteiger partial charge in [0.1, 0.15) is 10.6 Å². The van der Waals surface area contributed by atoms with Crippen LogP contribution in [0.1, 0.15) is 10.4 Å². The Hall–Kier alpha value is -1.64. The van der Waals surface area contributed by atoms with E-state index in [1.54, 1.807) is 20.2 Å². The third-order valence-corrected chi connectivity index (χ3v) is 5.05. The number of benzene rings is 1. The summed E-state index contributed by atoms with van der Waals surface area (Å²) < 4.78 is 30.9. The summed E-state index contributed by atoms with van der Waals surface area (Å²) in [4.78, 5) is 13.9. The van der Waals surface area contributed by atoms with Crippen molar-refractivity contribution in [2.24, 2.45) is 0 Å². The lowest BCUT2D eigenvalue weighted by Gasteiger charge is -2.19. The van der Waals surface area contributed by atoms with Crippen molar-refractivity contribution in [2.45, 2.75) is 4.90 Å². The molecule has 0 unspecified atom stereocenters. The molecule has 0 aliphatic carbocycles. The van der Waals surface area contributed by atoms with E-state index in [2.05, 4.69) is 5.32 Å². The van der Waals surface area contributed by atoms with Crippen LogP contribution in [0.2, 0.25) is 0 Å². The maximum Gasteiger partial charge on any atom is 0.253 e. The molecule has 0 fully saturated rings. The van der Waals surface area contributed by atoms with Crippen LogP contribution in [-0.2, 0) is 10.0 Å². The number of carbonyl (C=O) groups excluding carboxylic acids is 1. The Morgan fingerprint density at radius 2 is 1.91 bits per heavy atom. The normalized spacial score (nSPS) is 11.5. The Balaban J connectivity index is 3.23. The number of nitrogens with one attached hydrogen (secondary N) is 1. The summed E-state index contributed by atoms with van der Waals surface area (Å²) in [5, 5.41) is 2.96. The number of sulfonamides is 1. The number of amides is 1.